The van der Waals surface area contributed by atoms with Crippen molar-refractivity contribution in [3.8, 4) is 5.75 Å². The Hall–Kier alpha value is -1.59. The Morgan fingerprint density at radius 3 is 2.35 bits per heavy atom. The average Bonchev–Trinajstić information content (AvgIpc) is 2.46. The summed E-state index contributed by atoms with van der Waals surface area (Å²) in [4.78, 5) is 0. The number of rotatable bonds is 11. The topological polar surface area (TPSA) is 83.2 Å². The van der Waals surface area contributed by atoms with Crippen molar-refractivity contribution < 1.29 is 4.74 Å². The largest absolute Gasteiger partial charge is 0.494 e. The molecule has 0 unspecified atom stereocenters. The Morgan fingerprint density at radius 1 is 1.10 bits per heavy atom. The molecule has 20 heavy (non-hydrogen) atoms. The first-order chi connectivity index (χ1) is 9.74. The zero-order chi connectivity index (χ0) is 14.6. The van der Waals surface area contributed by atoms with Crippen LogP contribution in [0.3, 0.4) is 0 Å². The summed E-state index contributed by atoms with van der Waals surface area (Å²) in [6.07, 6.45) is 2.15. The van der Waals surface area contributed by atoms with Crippen molar-refractivity contribution in [1.82, 2.24) is 10.6 Å². The summed E-state index contributed by atoms with van der Waals surface area (Å²) in [5.74, 6) is 0.900. The molecule has 0 saturated carbocycles. The second kappa shape index (κ2) is 10.2. The summed E-state index contributed by atoms with van der Waals surface area (Å²) >= 11 is 0. The van der Waals surface area contributed by atoms with E-state index in [2.05, 4.69) is 17.6 Å². The molecule has 112 valence electrons. The Labute approximate surface area is 121 Å². The zero-order valence-corrected chi connectivity index (χ0v) is 12.2. The van der Waals surface area contributed by atoms with Crippen LogP contribution in [-0.4, -0.2) is 38.6 Å². The van der Waals surface area contributed by atoms with E-state index < -0.39 is 0 Å². The maximum absolute atomic E-state index is 7.30. The van der Waals surface area contributed by atoms with Crippen LogP contribution in [0.4, 0.5) is 0 Å². The Morgan fingerprint density at radius 2 is 1.75 bits per heavy atom. The summed E-state index contributed by atoms with van der Waals surface area (Å²) in [6, 6.07) is 7.29. The number of ether oxygens (including phenoxy) is 1. The monoisotopic (exact) mass is 278 g/mol. The van der Waals surface area contributed by atoms with Crippen molar-refractivity contribution in [2.45, 2.75) is 19.8 Å². The molecule has 0 aromatic heterocycles. The van der Waals surface area contributed by atoms with Crippen LogP contribution in [0.2, 0.25) is 0 Å². The van der Waals surface area contributed by atoms with Crippen molar-refractivity contribution in [2.24, 2.45) is 5.73 Å². The second-order valence-corrected chi connectivity index (χ2v) is 4.64. The third kappa shape index (κ3) is 7.11. The normalized spacial score (nSPS) is 10.4. The number of amidine groups is 1. The van der Waals surface area contributed by atoms with Gasteiger partial charge in [-0.25, -0.2) is 0 Å². The highest BCUT2D eigenvalue weighted by molar-refractivity contribution is 5.94. The lowest BCUT2D eigenvalue weighted by Gasteiger charge is -2.08. The fourth-order valence-corrected chi connectivity index (χ4v) is 1.72. The Kier molecular flexibility index (Phi) is 8.42. The van der Waals surface area contributed by atoms with Gasteiger partial charge in [-0.05, 0) is 50.2 Å². The van der Waals surface area contributed by atoms with E-state index in [1.165, 1.54) is 6.42 Å². The van der Waals surface area contributed by atoms with E-state index in [0.717, 1.165) is 43.9 Å². The van der Waals surface area contributed by atoms with Crippen LogP contribution in [0.1, 0.15) is 25.3 Å². The fraction of sp³-hybridized carbons (Fsp3) is 0.533. The second-order valence-electron chi connectivity index (χ2n) is 4.64. The minimum atomic E-state index is 0.0810. The van der Waals surface area contributed by atoms with Crippen LogP contribution in [-0.2, 0) is 0 Å². The van der Waals surface area contributed by atoms with Crippen LogP contribution in [0, 0.1) is 5.41 Å². The quantitative estimate of drug-likeness (QED) is 0.279. The number of hydrogen-bond acceptors (Lipinski definition) is 4. The zero-order valence-electron chi connectivity index (χ0n) is 12.2. The lowest BCUT2D eigenvalue weighted by Crippen LogP contribution is -2.28. The van der Waals surface area contributed by atoms with E-state index in [4.69, 9.17) is 15.9 Å². The first-order valence-electron chi connectivity index (χ1n) is 7.22. The average molecular weight is 278 g/mol. The van der Waals surface area contributed by atoms with Gasteiger partial charge in [-0.3, -0.25) is 5.41 Å². The molecule has 5 nitrogen and oxygen atoms in total. The molecule has 1 rings (SSSR count). The molecule has 1 aromatic rings. The van der Waals surface area contributed by atoms with Crippen LogP contribution in [0.15, 0.2) is 24.3 Å². The summed E-state index contributed by atoms with van der Waals surface area (Å²) in [5, 5.41) is 14.0. The van der Waals surface area contributed by atoms with Crippen molar-refractivity contribution >= 4 is 5.84 Å². The fourth-order valence-electron chi connectivity index (χ4n) is 1.72. The smallest absolute Gasteiger partial charge is 0.122 e. The molecule has 0 heterocycles. The summed E-state index contributed by atoms with van der Waals surface area (Å²) < 4.78 is 5.62. The highest BCUT2D eigenvalue weighted by atomic mass is 16.5. The predicted molar refractivity (Wildman–Crippen MR) is 83.6 cm³/mol. The Balaban J connectivity index is 2.02. The molecule has 0 aliphatic carbocycles. The molecular formula is C15H26N4O. The lowest BCUT2D eigenvalue weighted by atomic mass is 10.2. The molecule has 0 atom stereocenters. The minimum absolute atomic E-state index is 0.0810. The van der Waals surface area contributed by atoms with Gasteiger partial charge in [0, 0.05) is 18.7 Å². The molecule has 0 bridgehead atoms. The Bertz CT molecular complexity index is 378. The minimum Gasteiger partial charge on any atom is -0.494 e. The molecule has 0 aliphatic rings. The molecule has 0 fully saturated rings. The van der Waals surface area contributed by atoms with Gasteiger partial charge in [-0.15, -0.1) is 0 Å². The third-order valence-corrected chi connectivity index (χ3v) is 2.84. The van der Waals surface area contributed by atoms with Crippen LogP contribution in [0.5, 0.6) is 5.75 Å². The molecule has 5 N–H and O–H groups in total. The number of benzene rings is 1. The van der Waals surface area contributed by atoms with E-state index in [1.54, 1.807) is 12.1 Å². The standard InChI is InChI=1S/C15H26N4O/c1-2-8-18-10-11-19-9-3-12-20-14-6-4-13(5-7-14)15(16)17/h4-7,18-19H,2-3,8-12H2,1H3,(H3,16,17). The van der Waals surface area contributed by atoms with Gasteiger partial charge in [-0.2, -0.15) is 0 Å². The van der Waals surface area contributed by atoms with Gasteiger partial charge in [0.2, 0.25) is 0 Å². The lowest BCUT2D eigenvalue weighted by molar-refractivity contribution is 0.308. The SMILES string of the molecule is CCCNCCNCCCOc1ccc(C(=N)N)cc1. The van der Waals surface area contributed by atoms with Crippen LogP contribution in [0.25, 0.3) is 0 Å². The van der Waals surface area contributed by atoms with E-state index in [1.807, 2.05) is 12.1 Å². The van der Waals surface area contributed by atoms with Gasteiger partial charge in [-0.1, -0.05) is 6.92 Å². The predicted octanol–water partition coefficient (Wildman–Crippen LogP) is 1.33. The van der Waals surface area contributed by atoms with Crippen molar-refractivity contribution in [3.05, 3.63) is 29.8 Å². The molecular weight excluding hydrogens is 252 g/mol. The molecule has 1 aromatic carbocycles. The van der Waals surface area contributed by atoms with Gasteiger partial charge in [0.25, 0.3) is 0 Å². The molecule has 0 amide bonds. The number of nitrogens with two attached hydrogens (primary N) is 1. The highest BCUT2D eigenvalue weighted by Gasteiger charge is 1.97. The summed E-state index contributed by atoms with van der Waals surface area (Å²) in [7, 11) is 0. The molecule has 0 radical (unpaired) electrons. The summed E-state index contributed by atoms with van der Waals surface area (Å²) in [6.45, 7) is 6.91. The van der Waals surface area contributed by atoms with E-state index in [-0.39, 0.29) is 5.84 Å². The number of nitrogens with one attached hydrogen (secondary N) is 3. The van der Waals surface area contributed by atoms with Crippen molar-refractivity contribution in [3.63, 3.8) is 0 Å². The maximum Gasteiger partial charge on any atom is 0.122 e. The van der Waals surface area contributed by atoms with Crippen molar-refractivity contribution in [1.29, 1.82) is 5.41 Å². The molecule has 0 aliphatic heterocycles. The highest BCUT2D eigenvalue weighted by Crippen LogP contribution is 2.11. The number of hydrogen-bond donors (Lipinski definition) is 4. The third-order valence-electron chi connectivity index (χ3n) is 2.84. The molecule has 5 heteroatoms. The first kappa shape index (κ1) is 16.5. The first-order valence-corrected chi connectivity index (χ1v) is 7.22. The van der Waals surface area contributed by atoms with E-state index >= 15 is 0 Å². The molecule has 0 saturated heterocycles. The van der Waals surface area contributed by atoms with E-state index in [0.29, 0.717) is 6.61 Å². The van der Waals surface area contributed by atoms with Gasteiger partial charge in [0.05, 0.1) is 6.61 Å². The van der Waals surface area contributed by atoms with Crippen LogP contribution >= 0.6 is 0 Å². The summed E-state index contributed by atoms with van der Waals surface area (Å²) in [5.41, 5.74) is 6.11. The van der Waals surface area contributed by atoms with Crippen LogP contribution < -0.4 is 21.1 Å². The van der Waals surface area contributed by atoms with Gasteiger partial charge in [0.1, 0.15) is 11.6 Å². The van der Waals surface area contributed by atoms with Gasteiger partial charge >= 0.3 is 0 Å². The van der Waals surface area contributed by atoms with Gasteiger partial charge in [0.15, 0.2) is 0 Å². The van der Waals surface area contributed by atoms with Gasteiger partial charge < -0.3 is 21.1 Å². The van der Waals surface area contributed by atoms with E-state index in [9.17, 15) is 0 Å². The number of nitrogen functional groups attached to an aromatic ring is 1. The maximum atomic E-state index is 7.30. The van der Waals surface area contributed by atoms with Crippen molar-refractivity contribution in [2.75, 3.05) is 32.8 Å². The molecule has 0 spiro atoms.